The maximum absolute atomic E-state index is 13.6. The van der Waals surface area contributed by atoms with Crippen LogP contribution in [-0.4, -0.2) is 17.1 Å². The zero-order valence-corrected chi connectivity index (χ0v) is 12.7. The zero-order valence-electron chi connectivity index (χ0n) is 11.9. The van der Waals surface area contributed by atoms with Crippen molar-refractivity contribution < 1.29 is 14.0 Å². The molecule has 114 valence electrons. The van der Waals surface area contributed by atoms with Crippen molar-refractivity contribution in [1.29, 1.82) is 0 Å². The standard InChI is InChI=1S/C16H15FN2O2S/c1-10(22-14-5-3-2-4-13(14)17)16(21)19-12-8-6-11(7-9-12)15(18)20/h2-10H,1H3,(H2,18,20)(H,19,21). The number of carbonyl (C=O) groups excluding carboxylic acids is 2. The van der Waals surface area contributed by atoms with Gasteiger partial charge in [0, 0.05) is 16.1 Å². The summed E-state index contributed by atoms with van der Waals surface area (Å²) in [6.07, 6.45) is 0. The molecule has 2 rings (SSSR count). The van der Waals surface area contributed by atoms with Gasteiger partial charge in [-0.25, -0.2) is 4.39 Å². The van der Waals surface area contributed by atoms with E-state index in [1.54, 1.807) is 37.3 Å². The highest BCUT2D eigenvalue weighted by atomic mass is 32.2. The number of hydrogen-bond donors (Lipinski definition) is 2. The van der Waals surface area contributed by atoms with Crippen LogP contribution in [0.1, 0.15) is 17.3 Å². The van der Waals surface area contributed by atoms with Crippen molar-refractivity contribution >= 4 is 29.3 Å². The van der Waals surface area contributed by atoms with Gasteiger partial charge in [-0.3, -0.25) is 9.59 Å². The first kappa shape index (κ1) is 16.0. The minimum absolute atomic E-state index is 0.250. The highest BCUT2D eigenvalue weighted by Gasteiger charge is 2.16. The van der Waals surface area contributed by atoms with Crippen LogP contribution < -0.4 is 11.1 Å². The van der Waals surface area contributed by atoms with E-state index in [0.717, 1.165) is 11.8 Å². The summed E-state index contributed by atoms with van der Waals surface area (Å²) in [5.41, 5.74) is 6.07. The first-order valence-electron chi connectivity index (χ1n) is 6.59. The molecular formula is C16H15FN2O2S. The van der Waals surface area contributed by atoms with E-state index in [1.807, 2.05) is 0 Å². The summed E-state index contributed by atoms with van der Waals surface area (Å²) in [6.45, 7) is 1.70. The van der Waals surface area contributed by atoms with E-state index in [2.05, 4.69) is 5.32 Å². The van der Waals surface area contributed by atoms with Crippen molar-refractivity contribution in [2.75, 3.05) is 5.32 Å². The van der Waals surface area contributed by atoms with Crippen LogP contribution in [0.15, 0.2) is 53.4 Å². The molecule has 22 heavy (non-hydrogen) atoms. The average molecular weight is 318 g/mol. The Bertz CT molecular complexity index is 689. The number of primary amides is 1. The van der Waals surface area contributed by atoms with Gasteiger partial charge in [0.15, 0.2) is 0 Å². The van der Waals surface area contributed by atoms with Crippen molar-refractivity contribution in [3.63, 3.8) is 0 Å². The maximum atomic E-state index is 13.6. The lowest BCUT2D eigenvalue weighted by molar-refractivity contribution is -0.115. The number of rotatable bonds is 5. The lowest BCUT2D eigenvalue weighted by Crippen LogP contribution is -2.22. The molecule has 1 atom stereocenters. The Kier molecular flexibility index (Phi) is 5.16. The molecule has 0 heterocycles. The van der Waals surface area contributed by atoms with Gasteiger partial charge in [-0.05, 0) is 43.3 Å². The van der Waals surface area contributed by atoms with Crippen LogP contribution in [0.4, 0.5) is 10.1 Å². The Hall–Kier alpha value is -2.34. The first-order valence-corrected chi connectivity index (χ1v) is 7.47. The number of nitrogens with one attached hydrogen (secondary N) is 1. The van der Waals surface area contributed by atoms with Crippen molar-refractivity contribution in [1.82, 2.24) is 0 Å². The molecular weight excluding hydrogens is 303 g/mol. The Morgan fingerprint density at radius 3 is 2.36 bits per heavy atom. The molecule has 0 radical (unpaired) electrons. The summed E-state index contributed by atoms with van der Waals surface area (Å²) in [7, 11) is 0. The predicted molar refractivity (Wildman–Crippen MR) is 85.3 cm³/mol. The number of anilines is 1. The van der Waals surface area contributed by atoms with E-state index in [-0.39, 0.29) is 11.7 Å². The summed E-state index contributed by atoms with van der Waals surface area (Å²) >= 11 is 1.14. The van der Waals surface area contributed by atoms with Gasteiger partial charge in [-0.2, -0.15) is 0 Å². The SMILES string of the molecule is CC(Sc1ccccc1F)C(=O)Nc1ccc(C(N)=O)cc1. The minimum Gasteiger partial charge on any atom is -0.366 e. The van der Waals surface area contributed by atoms with Gasteiger partial charge >= 0.3 is 0 Å². The van der Waals surface area contributed by atoms with Gasteiger partial charge in [0.05, 0.1) is 5.25 Å². The second-order valence-electron chi connectivity index (χ2n) is 4.62. The lowest BCUT2D eigenvalue weighted by atomic mass is 10.2. The average Bonchev–Trinajstić information content (AvgIpc) is 2.50. The summed E-state index contributed by atoms with van der Waals surface area (Å²) in [5, 5.41) is 2.25. The smallest absolute Gasteiger partial charge is 0.248 e. The lowest BCUT2D eigenvalue weighted by Gasteiger charge is -2.12. The highest BCUT2D eigenvalue weighted by Crippen LogP contribution is 2.26. The van der Waals surface area contributed by atoms with Crippen LogP contribution in [-0.2, 0) is 4.79 Å². The highest BCUT2D eigenvalue weighted by molar-refractivity contribution is 8.00. The largest absolute Gasteiger partial charge is 0.366 e. The van der Waals surface area contributed by atoms with Crippen molar-refractivity contribution in [2.45, 2.75) is 17.1 Å². The fourth-order valence-electron chi connectivity index (χ4n) is 1.75. The van der Waals surface area contributed by atoms with E-state index in [1.165, 1.54) is 18.2 Å². The maximum Gasteiger partial charge on any atom is 0.248 e. The quantitative estimate of drug-likeness (QED) is 0.832. The molecule has 0 aliphatic heterocycles. The molecule has 2 aromatic carbocycles. The summed E-state index contributed by atoms with van der Waals surface area (Å²) < 4.78 is 13.6. The minimum atomic E-state index is -0.527. The monoisotopic (exact) mass is 318 g/mol. The molecule has 6 heteroatoms. The van der Waals surface area contributed by atoms with Gasteiger partial charge in [0.1, 0.15) is 5.82 Å². The van der Waals surface area contributed by atoms with Crippen LogP contribution in [0.3, 0.4) is 0 Å². The third-order valence-corrected chi connectivity index (χ3v) is 4.10. The topological polar surface area (TPSA) is 72.2 Å². The van der Waals surface area contributed by atoms with Crippen LogP contribution in [0.2, 0.25) is 0 Å². The van der Waals surface area contributed by atoms with Crippen LogP contribution in [0, 0.1) is 5.82 Å². The van der Waals surface area contributed by atoms with E-state index < -0.39 is 11.2 Å². The van der Waals surface area contributed by atoms with Crippen LogP contribution in [0.25, 0.3) is 0 Å². The Balaban J connectivity index is 1.99. The summed E-state index contributed by atoms with van der Waals surface area (Å²) in [6, 6.07) is 12.6. The van der Waals surface area contributed by atoms with Gasteiger partial charge in [0.25, 0.3) is 0 Å². The molecule has 2 amide bonds. The van der Waals surface area contributed by atoms with Crippen LogP contribution >= 0.6 is 11.8 Å². The molecule has 3 N–H and O–H groups in total. The molecule has 0 aliphatic rings. The number of benzene rings is 2. The number of amides is 2. The van der Waals surface area contributed by atoms with Gasteiger partial charge in [-0.1, -0.05) is 12.1 Å². The van der Waals surface area contributed by atoms with E-state index in [9.17, 15) is 14.0 Å². The molecule has 4 nitrogen and oxygen atoms in total. The normalized spacial score (nSPS) is 11.7. The second-order valence-corrected chi connectivity index (χ2v) is 6.00. The number of thioether (sulfide) groups is 1. The third-order valence-electron chi connectivity index (χ3n) is 2.95. The molecule has 0 saturated heterocycles. The van der Waals surface area contributed by atoms with E-state index in [4.69, 9.17) is 5.73 Å². The van der Waals surface area contributed by atoms with Crippen molar-refractivity contribution in [2.24, 2.45) is 5.73 Å². The molecule has 0 aromatic heterocycles. The van der Waals surface area contributed by atoms with Crippen LogP contribution in [0.5, 0.6) is 0 Å². The van der Waals surface area contributed by atoms with E-state index in [0.29, 0.717) is 16.1 Å². The van der Waals surface area contributed by atoms with Crippen molar-refractivity contribution in [3.05, 3.63) is 59.9 Å². The number of halogens is 1. The third kappa shape index (κ3) is 4.08. The Morgan fingerprint density at radius 2 is 1.77 bits per heavy atom. The fraction of sp³-hybridized carbons (Fsp3) is 0.125. The Labute approximate surface area is 131 Å². The summed E-state index contributed by atoms with van der Waals surface area (Å²) in [4.78, 5) is 23.5. The van der Waals surface area contributed by atoms with Gasteiger partial charge < -0.3 is 11.1 Å². The molecule has 2 aromatic rings. The van der Waals surface area contributed by atoms with Gasteiger partial charge in [-0.15, -0.1) is 11.8 Å². The number of carbonyl (C=O) groups is 2. The summed E-state index contributed by atoms with van der Waals surface area (Å²) in [5.74, 6) is -1.13. The second kappa shape index (κ2) is 7.09. The van der Waals surface area contributed by atoms with Crippen molar-refractivity contribution in [3.8, 4) is 0 Å². The molecule has 0 spiro atoms. The molecule has 0 aliphatic carbocycles. The molecule has 1 unspecified atom stereocenters. The fourth-order valence-corrected chi connectivity index (χ4v) is 2.63. The Morgan fingerprint density at radius 1 is 1.14 bits per heavy atom. The number of nitrogens with two attached hydrogens (primary N) is 1. The predicted octanol–water partition coefficient (Wildman–Crippen LogP) is 3.04. The molecule has 0 saturated carbocycles. The van der Waals surface area contributed by atoms with E-state index >= 15 is 0 Å². The molecule has 0 fully saturated rings. The first-order chi connectivity index (χ1) is 10.5. The zero-order chi connectivity index (χ0) is 16.1. The molecule has 0 bridgehead atoms. The van der Waals surface area contributed by atoms with Gasteiger partial charge in [0.2, 0.25) is 11.8 Å². The number of hydrogen-bond acceptors (Lipinski definition) is 3.